The molecule has 1 saturated heterocycles. The highest BCUT2D eigenvalue weighted by Crippen LogP contribution is 2.39. The molecule has 0 bridgehead atoms. The smallest absolute Gasteiger partial charge is 0.351 e. The Kier molecular flexibility index (Phi) is 7.57. The van der Waals surface area contributed by atoms with Crippen LogP contribution in [0.1, 0.15) is 71.9 Å². The summed E-state index contributed by atoms with van der Waals surface area (Å²) in [5, 5.41) is 3.01. The Hall–Kier alpha value is -2.45. The molecule has 8 heteroatoms. The lowest BCUT2D eigenvalue weighted by molar-refractivity contribution is -0.137. The minimum absolute atomic E-state index is 0.0495. The van der Waals surface area contributed by atoms with E-state index in [1.165, 1.54) is 31.4 Å². The van der Waals surface area contributed by atoms with Crippen LogP contribution in [0.5, 0.6) is 0 Å². The highest BCUT2D eigenvalue weighted by Gasteiger charge is 2.35. The Balaban J connectivity index is 1.41. The molecule has 2 aliphatic heterocycles. The molecule has 2 aromatic rings. The van der Waals surface area contributed by atoms with Crippen molar-refractivity contribution in [2.45, 2.75) is 58.4 Å². The lowest BCUT2D eigenvalue weighted by Gasteiger charge is -2.27. The van der Waals surface area contributed by atoms with E-state index in [-0.39, 0.29) is 17.9 Å². The fraction of sp³-hybridized carbons (Fsp3) is 0.538. The van der Waals surface area contributed by atoms with Crippen molar-refractivity contribution in [2.24, 2.45) is 5.92 Å². The first kappa shape index (κ1) is 24.7. The molecule has 1 N–H and O–H groups in total. The van der Waals surface area contributed by atoms with Crippen molar-refractivity contribution in [3.63, 3.8) is 0 Å². The van der Waals surface area contributed by atoms with Gasteiger partial charge in [-0.25, -0.2) is 0 Å². The van der Waals surface area contributed by atoms with Gasteiger partial charge in [0.05, 0.1) is 22.9 Å². The van der Waals surface area contributed by atoms with Crippen molar-refractivity contribution < 1.29 is 18.0 Å². The molecule has 0 aliphatic carbocycles. The SMILES string of the molecule is CC(C)[C@H]1c2ncc(C(=O)NCCN3CCCCC3)cc2CN1Cc1ccc(C(F)(F)F)cc1. The summed E-state index contributed by atoms with van der Waals surface area (Å²) >= 11 is 0. The monoisotopic (exact) mass is 474 g/mol. The van der Waals surface area contributed by atoms with Gasteiger partial charge in [0.1, 0.15) is 0 Å². The van der Waals surface area contributed by atoms with Crippen molar-refractivity contribution in [3.8, 4) is 0 Å². The van der Waals surface area contributed by atoms with Crippen LogP contribution in [0.25, 0.3) is 0 Å². The maximum Gasteiger partial charge on any atom is 0.416 e. The first-order chi connectivity index (χ1) is 16.2. The van der Waals surface area contributed by atoms with Gasteiger partial charge in [0.2, 0.25) is 0 Å². The summed E-state index contributed by atoms with van der Waals surface area (Å²) in [6.45, 7) is 9.04. The van der Waals surface area contributed by atoms with Gasteiger partial charge in [-0.3, -0.25) is 14.7 Å². The third-order valence-corrected chi connectivity index (χ3v) is 6.77. The molecule has 1 amide bonds. The van der Waals surface area contributed by atoms with Crippen LogP contribution in [0.2, 0.25) is 0 Å². The average Bonchev–Trinajstić information content (AvgIpc) is 3.16. The van der Waals surface area contributed by atoms with E-state index in [2.05, 4.69) is 33.9 Å². The van der Waals surface area contributed by atoms with Crippen molar-refractivity contribution in [3.05, 3.63) is 64.5 Å². The number of fused-ring (bicyclic) bond motifs is 1. The Bertz CT molecular complexity index is 985. The number of nitrogens with one attached hydrogen (secondary N) is 1. The predicted octanol–water partition coefficient (Wildman–Crippen LogP) is 5.03. The average molecular weight is 475 g/mol. The molecule has 5 nitrogen and oxygen atoms in total. The molecule has 184 valence electrons. The van der Waals surface area contributed by atoms with Crippen LogP contribution in [-0.4, -0.2) is 46.9 Å². The van der Waals surface area contributed by atoms with E-state index in [4.69, 9.17) is 0 Å². The quantitative estimate of drug-likeness (QED) is 0.612. The number of rotatable bonds is 7. The summed E-state index contributed by atoms with van der Waals surface area (Å²) in [5.41, 5.74) is 2.69. The van der Waals surface area contributed by atoms with Crippen LogP contribution in [-0.2, 0) is 19.3 Å². The first-order valence-corrected chi connectivity index (χ1v) is 12.1. The Morgan fingerprint density at radius 1 is 1.15 bits per heavy atom. The number of carbonyl (C=O) groups excluding carboxylic acids is 1. The topological polar surface area (TPSA) is 48.5 Å². The van der Waals surface area contributed by atoms with Gasteiger partial charge in [0.15, 0.2) is 0 Å². The highest BCUT2D eigenvalue weighted by atomic mass is 19.4. The number of alkyl halides is 3. The number of amides is 1. The van der Waals surface area contributed by atoms with E-state index in [0.29, 0.717) is 25.2 Å². The minimum Gasteiger partial charge on any atom is -0.351 e. The fourth-order valence-corrected chi connectivity index (χ4v) is 5.07. The van der Waals surface area contributed by atoms with Crippen LogP contribution in [0, 0.1) is 5.92 Å². The van der Waals surface area contributed by atoms with E-state index in [1.807, 2.05) is 6.07 Å². The van der Waals surface area contributed by atoms with Crippen molar-refractivity contribution >= 4 is 5.91 Å². The number of hydrogen-bond donors (Lipinski definition) is 1. The number of pyridine rings is 1. The van der Waals surface area contributed by atoms with Gasteiger partial charge in [-0.05, 0) is 61.2 Å². The number of benzene rings is 1. The van der Waals surface area contributed by atoms with Crippen molar-refractivity contribution in [2.75, 3.05) is 26.2 Å². The van der Waals surface area contributed by atoms with E-state index in [0.717, 1.165) is 48.6 Å². The standard InChI is InChI=1S/C26H33F3N4O/c1-18(2)24-23-21(17-33(24)16-19-6-8-22(9-7-19)26(27,28)29)14-20(15-31-23)25(34)30-10-13-32-11-4-3-5-12-32/h6-9,14-15,18,24H,3-5,10-13,16-17H2,1-2H3,(H,30,34)/t24-/m0/s1. The zero-order chi connectivity index (χ0) is 24.3. The molecule has 4 rings (SSSR count). The third kappa shape index (κ3) is 5.78. The second kappa shape index (κ2) is 10.4. The number of halogens is 3. The van der Waals surface area contributed by atoms with Crippen LogP contribution in [0.4, 0.5) is 13.2 Å². The van der Waals surface area contributed by atoms with Gasteiger partial charge >= 0.3 is 6.18 Å². The largest absolute Gasteiger partial charge is 0.416 e. The first-order valence-electron chi connectivity index (χ1n) is 12.1. The molecule has 34 heavy (non-hydrogen) atoms. The fourth-order valence-electron chi connectivity index (χ4n) is 5.07. The summed E-state index contributed by atoms with van der Waals surface area (Å²) in [4.78, 5) is 22.0. The molecular formula is C26H33F3N4O. The van der Waals surface area contributed by atoms with Crippen LogP contribution in [0.3, 0.4) is 0 Å². The molecule has 0 saturated carbocycles. The van der Waals surface area contributed by atoms with Gasteiger partial charge in [-0.1, -0.05) is 32.4 Å². The second-order valence-corrected chi connectivity index (χ2v) is 9.72. The number of nitrogens with zero attached hydrogens (tertiary/aromatic N) is 3. The van der Waals surface area contributed by atoms with E-state index < -0.39 is 11.7 Å². The molecule has 1 fully saturated rings. The Labute approximate surface area is 199 Å². The predicted molar refractivity (Wildman–Crippen MR) is 125 cm³/mol. The van der Waals surface area contributed by atoms with Gasteiger partial charge in [-0.15, -0.1) is 0 Å². The zero-order valence-electron chi connectivity index (χ0n) is 19.9. The van der Waals surface area contributed by atoms with E-state index in [9.17, 15) is 18.0 Å². The summed E-state index contributed by atoms with van der Waals surface area (Å²) in [6.07, 6.45) is 1.05. The van der Waals surface area contributed by atoms with Crippen LogP contribution in [0.15, 0.2) is 36.5 Å². The van der Waals surface area contributed by atoms with Gasteiger partial charge < -0.3 is 10.2 Å². The van der Waals surface area contributed by atoms with Crippen LogP contribution < -0.4 is 5.32 Å². The summed E-state index contributed by atoms with van der Waals surface area (Å²) in [7, 11) is 0. The summed E-state index contributed by atoms with van der Waals surface area (Å²) in [6, 6.07) is 7.31. The molecule has 0 radical (unpaired) electrons. The lowest BCUT2D eigenvalue weighted by Crippen LogP contribution is -2.37. The summed E-state index contributed by atoms with van der Waals surface area (Å²) in [5.74, 6) is 0.155. The highest BCUT2D eigenvalue weighted by molar-refractivity contribution is 5.94. The number of likely N-dealkylation sites (tertiary alicyclic amines) is 1. The van der Waals surface area contributed by atoms with E-state index >= 15 is 0 Å². The molecule has 1 atom stereocenters. The minimum atomic E-state index is -4.34. The molecule has 3 heterocycles. The number of piperidine rings is 1. The molecule has 1 aromatic heterocycles. The number of hydrogen-bond acceptors (Lipinski definition) is 4. The Morgan fingerprint density at radius 3 is 2.50 bits per heavy atom. The van der Waals surface area contributed by atoms with Crippen molar-refractivity contribution in [1.82, 2.24) is 20.1 Å². The molecule has 0 spiro atoms. The van der Waals surface area contributed by atoms with Gasteiger partial charge in [-0.2, -0.15) is 13.2 Å². The molecule has 0 unspecified atom stereocenters. The van der Waals surface area contributed by atoms with Gasteiger partial charge in [0.25, 0.3) is 5.91 Å². The van der Waals surface area contributed by atoms with Crippen molar-refractivity contribution in [1.29, 1.82) is 0 Å². The van der Waals surface area contributed by atoms with E-state index in [1.54, 1.807) is 6.20 Å². The second-order valence-electron chi connectivity index (χ2n) is 9.72. The molecular weight excluding hydrogens is 441 g/mol. The van der Waals surface area contributed by atoms with Gasteiger partial charge in [0, 0.05) is 32.4 Å². The number of carbonyl (C=O) groups is 1. The third-order valence-electron chi connectivity index (χ3n) is 6.77. The van der Waals surface area contributed by atoms with Crippen LogP contribution >= 0.6 is 0 Å². The maximum absolute atomic E-state index is 12.9. The number of aromatic nitrogens is 1. The zero-order valence-corrected chi connectivity index (χ0v) is 19.9. The Morgan fingerprint density at radius 2 is 1.85 bits per heavy atom. The molecule has 1 aromatic carbocycles. The maximum atomic E-state index is 12.9. The normalized spacial score (nSPS) is 19.4. The molecule has 2 aliphatic rings. The summed E-state index contributed by atoms with van der Waals surface area (Å²) < 4.78 is 38.7. The lowest BCUT2D eigenvalue weighted by atomic mass is 9.99.